The van der Waals surface area contributed by atoms with Gasteiger partial charge < -0.3 is 9.13 Å². The van der Waals surface area contributed by atoms with Crippen LogP contribution in [0.4, 0.5) is 0 Å². The summed E-state index contributed by atoms with van der Waals surface area (Å²) in [6.07, 6.45) is 0. The van der Waals surface area contributed by atoms with Crippen LogP contribution in [0.2, 0.25) is 0 Å². The number of hydrogen-bond donors (Lipinski definition) is 0. The van der Waals surface area contributed by atoms with E-state index in [1.807, 2.05) is 0 Å². The van der Waals surface area contributed by atoms with Gasteiger partial charge in [0.15, 0.2) is 0 Å². The third-order valence-corrected chi connectivity index (χ3v) is 8.90. The predicted octanol–water partition coefficient (Wildman–Crippen LogP) is 11.2. The fourth-order valence-electron chi connectivity index (χ4n) is 6.91. The lowest BCUT2D eigenvalue weighted by molar-refractivity contribution is 1.13. The molecule has 2 aromatic heterocycles. The number of benzene rings is 7. The molecule has 0 spiro atoms. The largest absolute Gasteiger partial charge is 0.309 e. The van der Waals surface area contributed by atoms with Gasteiger partial charge in [0.25, 0.3) is 0 Å². The monoisotopic (exact) mass is 560 g/mol. The average molecular weight is 561 g/mol. The maximum absolute atomic E-state index is 2.42. The predicted molar refractivity (Wildman–Crippen MR) is 186 cm³/mol. The number of fused-ring (bicyclic) bond motifs is 6. The highest BCUT2D eigenvalue weighted by molar-refractivity contribution is 6.10. The van der Waals surface area contributed by atoms with Crippen LogP contribution < -0.4 is 0 Å². The quantitative estimate of drug-likeness (QED) is 0.203. The Balaban J connectivity index is 1.34. The Kier molecular flexibility index (Phi) is 5.54. The fourth-order valence-corrected chi connectivity index (χ4v) is 6.91. The van der Waals surface area contributed by atoms with Crippen LogP contribution in [0.25, 0.3) is 77.2 Å². The zero-order chi connectivity index (χ0) is 29.0. The van der Waals surface area contributed by atoms with Crippen molar-refractivity contribution >= 4 is 43.6 Å². The van der Waals surface area contributed by atoms with E-state index in [4.69, 9.17) is 0 Å². The van der Waals surface area contributed by atoms with Gasteiger partial charge in [0.2, 0.25) is 0 Å². The molecule has 2 heterocycles. The van der Waals surface area contributed by atoms with Crippen molar-refractivity contribution in [2.45, 2.75) is 0 Å². The maximum atomic E-state index is 2.42. The molecule has 9 rings (SSSR count). The van der Waals surface area contributed by atoms with Gasteiger partial charge in [-0.2, -0.15) is 0 Å². The van der Waals surface area contributed by atoms with Gasteiger partial charge in [0, 0.05) is 32.9 Å². The summed E-state index contributed by atoms with van der Waals surface area (Å²) in [5.74, 6) is 0. The molecule has 0 atom stereocenters. The van der Waals surface area contributed by atoms with Crippen molar-refractivity contribution in [2.75, 3.05) is 0 Å². The highest BCUT2D eigenvalue weighted by atomic mass is 15.0. The lowest BCUT2D eigenvalue weighted by Crippen LogP contribution is -2.00. The van der Waals surface area contributed by atoms with E-state index < -0.39 is 0 Å². The van der Waals surface area contributed by atoms with E-state index in [0.29, 0.717) is 0 Å². The summed E-state index contributed by atoms with van der Waals surface area (Å²) in [4.78, 5) is 0. The van der Waals surface area contributed by atoms with Crippen molar-refractivity contribution in [1.82, 2.24) is 9.13 Å². The smallest absolute Gasteiger partial charge is 0.0541 e. The van der Waals surface area contributed by atoms with E-state index in [0.717, 1.165) is 11.4 Å². The van der Waals surface area contributed by atoms with Gasteiger partial charge in [-0.15, -0.1) is 0 Å². The minimum absolute atomic E-state index is 1.14. The normalized spacial score (nSPS) is 11.6. The molecule has 0 bridgehead atoms. The van der Waals surface area contributed by atoms with Crippen LogP contribution in [0.5, 0.6) is 0 Å². The van der Waals surface area contributed by atoms with Crippen molar-refractivity contribution in [3.8, 4) is 33.6 Å². The third kappa shape index (κ3) is 3.82. The van der Waals surface area contributed by atoms with Gasteiger partial charge in [0.1, 0.15) is 0 Å². The number of nitrogens with zero attached hydrogens (tertiary/aromatic N) is 2. The second-order valence-electron chi connectivity index (χ2n) is 11.4. The van der Waals surface area contributed by atoms with Gasteiger partial charge in [-0.25, -0.2) is 0 Å². The summed E-state index contributed by atoms with van der Waals surface area (Å²) < 4.78 is 4.84. The van der Waals surface area contributed by atoms with Crippen LogP contribution in [0.15, 0.2) is 170 Å². The fraction of sp³-hybridized carbons (Fsp3) is 0. The van der Waals surface area contributed by atoms with E-state index in [1.165, 1.54) is 65.9 Å². The molecular weight excluding hydrogens is 532 g/mol. The summed E-state index contributed by atoms with van der Waals surface area (Å²) in [7, 11) is 0. The molecule has 0 N–H and O–H groups in total. The molecule has 2 nitrogen and oxygen atoms in total. The number of para-hydroxylation sites is 4. The van der Waals surface area contributed by atoms with Gasteiger partial charge >= 0.3 is 0 Å². The van der Waals surface area contributed by atoms with Crippen LogP contribution in [-0.4, -0.2) is 9.13 Å². The van der Waals surface area contributed by atoms with E-state index >= 15 is 0 Å². The molecule has 0 radical (unpaired) electrons. The molecule has 7 aromatic carbocycles. The van der Waals surface area contributed by atoms with Crippen LogP contribution in [0.1, 0.15) is 0 Å². The van der Waals surface area contributed by atoms with E-state index in [2.05, 4.69) is 179 Å². The minimum atomic E-state index is 1.14. The van der Waals surface area contributed by atoms with Crippen LogP contribution in [-0.2, 0) is 0 Å². The van der Waals surface area contributed by atoms with Crippen molar-refractivity contribution in [3.05, 3.63) is 170 Å². The van der Waals surface area contributed by atoms with Gasteiger partial charge in [-0.3, -0.25) is 0 Å². The molecule has 2 heteroatoms. The van der Waals surface area contributed by atoms with E-state index in [1.54, 1.807) is 0 Å². The molecular formula is C42H28N2. The first-order valence-electron chi connectivity index (χ1n) is 15.1. The second-order valence-corrected chi connectivity index (χ2v) is 11.4. The maximum Gasteiger partial charge on any atom is 0.0541 e. The first kappa shape index (κ1) is 24.7. The first-order chi connectivity index (χ1) is 21.8. The van der Waals surface area contributed by atoms with Crippen LogP contribution >= 0.6 is 0 Å². The van der Waals surface area contributed by atoms with E-state index in [-0.39, 0.29) is 0 Å². The molecule has 0 aliphatic heterocycles. The van der Waals surface area contributed by atoms with Crippen molar-refractivity contribution in [3.63, 3.8) is 0 Å². The van der Waals surface area contributed by atoms with Crippen molar-refractivity contribution in [2.24, 2.45) is 0 Å². The van der Waals surface area contributed by atoms with Gasteiger partial charge in [0.05, 0.1) is 22.1 Å². The number of hydrogen-bond acceptors (Lipinski definition) is 0. The summed E-state index contributed by atoms with van der Waals surface area (Å²) in [5.41, 5.74) is 11.9. The molecule has 44 heavy (non-hydrogen) atoms. The van der Waals surface area contributed by atoms with Crippen LogP contribution in [0.3, 0.4) is 0 Å². The molecule has 0 fully saturated rings. The van der Waals surface area contributed by atoms with E-state index in [9.17, 15) is 0 Å². The van der Waals surface area contributed by atoms with Crippen molar-refractivity contribution < 1.29 is 0 Å². The highest BCUT2D eigenvalue weighted by Crippen LogP contribution is 2.38. The Morgan fingerprint density at radius 3 is 0.977 bits per heavy atom. The zero-order valence-corrected chi connectivity index (χ0v) is 24.1. The Hall–Kier alpha value is -5.86. The SMILES string of the molecule is c1ccc(-c2ccc(-c3cc(-n4c5ccccc5c5ccccc54)cc(-n4c5ccccc5c5ccccc54)c3)cc2)cc1. The molecule has 9 aromatic rings. The summed E-state index contributed by atoms with van der Waals surface area (Å²) in [6, 6.07) is 61.5. The second kappa shape index (κ2) is 9.86. The highest BCUT2D eigenvalue weighted by Gasteiger charge is 2.17. The standard InChI is InChI=1S/C42H28N2/c1-2-12-29(13-3-1)30-22-24-31(25-23-30)32-26-33(43-39-18-8-4-14-35(39)36-15-5-9-19-40(36)43)28-34(27-32)44-41-20-10-6-16-37(41)38-17-7-11-21-42(38)44/h1-28H. The molecule has 0 unspecified atom stereocenters. The molecule has 0 saturated carbocycles. The topological polar surface area (TPSA) is 9.86 Å². The lowest BCUT2D eigenvalue weighted by atomic mass is 9.99. The van der Waals surface area contributed by atoms with Gasteiger partial charge in [-0.1, -0.05) is 127 Å². The van der Waals surface area contributed by atoms with Gasteiger partial charge in [-0.05, 0) is 64.7 Å². The molecule has 0 saturated heterocycles. The molecule has 0 amide bonds. The molecule has 206 valence electrons. The summed E-state index contributed by atoms with van der Waals surface area (Å²) in [5, 5.41) is 5.05. The summed E-state index contributed by atoms with van der Waals surface area (Å²) in [6.45, 7) is 0. The zero-order valence-electron chi connectivity index (χ0n) is 24.1. The summed E-state index contributed by atoms with van der Waals surface area (Å²) >= 11 is 0. The number of rotatable bonds is 4. The third-order valence-electron chi connectivity index (χ3n) is 8.90. The number of aromatic nitrogens is 2. The molecule has 0 aliphatic carbocycles. The Bertz CT molecular complexity index is 2240. The minimum Gasteiger partial charge on any atom is -0.309 e. The van der Waals surface area contributed by atoms with Crippen molar-refractivity contribution in [1.29, 1.82) is 0 Å². The Morgan fingerprint density at radius 1 is 0.250 bits per heavy atom. The molecule has 0 aliphatic rings. The lowest BCUT2D eigenvalue weighted by Gasteiger charge is -2.16. The van der Waals surface area contributed by atoms with Crippen LogP contribution in [0, 0.1) is 0 Å². The average Bonchev–Trinajstić information content (AvgIpc) is 3.62. The Morgan fingerprint density at radius 2 is 0.568 bits per heavy atom. The Labute approximate surface area is 255 Å². The first-order valence-corrected chi connectivity index (χ1v) is 15.1.